The zero-order valence-corrected chi connectivity index (χ0v) is 18.3. The number of nitrogens with one attached hydrogen (secondary N) is 1. The SMILES string of the molecule is CN(C)CCOc1ccccc1C(=O)NCc1ccc(S(=O)(=O)N2CCCC2)cc1. The molecule has 7 nitrogen and oxygen atoms in total. The van der Waals surface area contributed by atoms with Crippen molar-refractivity contribution in [2.24, 2.45) is 0 Å². The normalized spacial score (nSPS) is 14.8. The standard InChI is InChI=1S/C22H29N3O4S/c1-24(2)15-16-29-21-8-4-3-7-20(21)22(26)23-17-18-9-11-19(12-10-18)30(27,28)25-13-5-6-14-25/h3-4,7-12H,5-6,13-17H2,1-2H3,(H,23,26). The van der Waals surface area contributed by atoms with Crippen molar-refractivity contribution >= 4 is 15.9 Å². The van der Waals surface area contributed by atoms with Crippen LogP contribution in [0, 0.1) is 0 Å². The predicted molar refractivity (Wildman–Crippen MR) is 116 cm³/mol. The maximum Gasteiger partial charge on any atom is 0.255 e. The minimum absolute atomic E-state index is 0.232. The first-order valence-electron chi connectivity index (χ1n) is 10.1. The van der Waals surface area contributed by atoms with Gasteiger partial charge in [-0.2, -0.15) is 4.31 Å². The van der Waals surface area contributed by atoms with E-state index in [1.807, 2.05) is 25.1 Å². The quantitative estimate of drug-likeness (QED) is 0.659. The molecule has 0 aliphatic carbocycles. The number of para-hydroxylation sites is 1. The Kier molecular flexibility index (Phi) is 7.47. The third kappa shape index (κ3) is 5.59. The van der Waals surface area contributed by atoms with Crippen LogP contribution in [0.2, 0.25) is 0 Å². The van der Waals surface area contributed by atoms with E-state index in [0.29, 0.717) is 42.4 Å². The molecule has 1 amide bonds. The van der Waals surface area contributed by atoms with E-state index in [1.54, 1.807) is 42.5 Å². The van der Waals surface area contributed by atoms with E-state index in [9.17, 15) is 13.2 Å². The fourth-order valence-electron chi connectivity index (χ4n) is 3.25. The number of ether oxygens (including phenoxy) is 1. The van der Waals surface area contributed by atoms with Gasteiger partial charge >= 0.3 is 0 Å². The molecule has 0 spiro atoms. The topological polar surface area (TPSA) is 79.0 Å². The highest BCUT2D eigenvalue weighted by atomic mass is 32.2. The molecule has 1 heterocycles. The molecule has 8 heteroatoms. The summed E-state index contributed by atoms with van der Waals surface area (Å²) in [4.78, 5) is 14.9. The Morgan fingerprint density at radius 1 is 1.07 bits per heavy atom. The lowest BCUT2D eigenvalue weighted by Gasteiger charge is -2.16. The molecule has 0 radical (unpaired) electrons. The van der Waals surface area contributed by atoms with Crippen LogP contribution in [0.25, 0.3) is 0 Å². The Hall–Kier alpha value is -2.42. The minimum Gasteiger partial charge on any atom is -0.491 e. The molecule has 1 N–H and O–H groups in total. The molecule has 0 bridgehead atoms. The van der Waals surface area contributed by atoms with Crippen molar-refractivity contribution in [2.75, 3.05) is 40.3 Å². The molecule has 30 heavy (non-hydrogen) atoms. The van der Waals surface area contributed by atoms with E-state index >= 15 is 0 Å². The first kappa shape index (κ1) is 22.3. The van der Waals surface area contributed by atoms with Crippen LogP contribution in [0.5, 0.6) is 5.75 Å². The van der Waals surface area contributed by atoms with Gasteiger partial charge in [0, 0.05) is 26.2 Å². The molecule has 1 saturated heterocycles. The van der Waals surface area contributed by atoms with E-state index in [4.69, 9.17) is 4.74 Å². The van der Waals surface area contributed by atoms with E-state index in [0.717, 1.165) is 24.9 Å². The van der Waals surface area contributed by atoms with E-state index < -0.39 is 10.0 Å². The van der Waals surface area contributed by atoms with Gasteiger partial charge in [0.25, 0.3) is 5.91 Å². The molecule has 1 fully saturated rings. The van der Waals surface area contributed by atoms with Gasteiger partial charge in [-0.1, -0.05) is 24.3 Å². The van der Waals surface area contributed by atoms with E-state index in [1.165, 1.54) is 4.31 Å². The highest BCUT2D eigenvalue weighted by molar-refractivity contribution is 7.89. The van der Waals surface area contributed by atoms with Crippen molar-refractivity contribution < 1.29 is 17.9 Å². The molecule has 2 aromatic rings. The Labute approximate surface area is 178 Å². The van der Waals surface area contributed by atoms with Crippen LogP contribution in [0.15, 0.2) is 53.4 Å². The van der Waals surface area contributed by atoms with Gasteiger partial charge in [0.1, 0.15) is 12.4 Å². The highest BCUT2D eigenvalue weighted by Gasteiger charge is 2.26. The number of amides is 1. The summed E-state index contributed by atoms with van der Waals surface area (Å²) in [5.41, 5.74) is 1.30. The minimum atomic E-state index is -3.42. The highest BCUT2D eigenvalue weighted by Crippen LogP contribution is 2.21. The van der Waals surface area contributed by atoms with Gasteiger partial charge in [0.15, 0.2) is 0 Å². The summed E-state index contributed by atoms with van der Waals surface area (Å²) in [6.45, 7) is 2.70. The summed E-state index contributed by atoms with van der Waals surface area (Å²) in [6, 6.07) is 13.8. The van der Waals surface area contributed by atoms with E-state index in [2.05, 4.69) is 5.32 Å². The van der Waals surface area contributed by atoms with E-state index in [-0.39, 0.29) is 5.91 Å². The smallest absolute Gasteiger partial charge is 0.255 e. The zero-order valence-electron chi connectivity index (χ0n) is 17.5. The van der Waals surface area contributed by atoms with Crippen molar-refractivity contribution in [2.45, 2.75) is 24.3 Å². The zero-order chi connectivity index (χ0) is 21.6. The average Bonchev–Trinajstić information content (AvgIpc) is 3.28. The fourth-order valence-corrected chi connectivity index (χ4v) is 4.77. The van der Waals surface area contributed by atoms with Gasteiger partial charge < -0.3 is 15.0 Å². The molecule has 0 atom stereocenters. The number of nitrogens with zero attached hydrogens (tertiary/aromatic N) is 2. The molecular weight excluding hydrogens is 402 g/mol. The molecule has 1 aliphatic heterocycles. The number of likely N-dealkylation sites (N-methyl/N-ethyl adjacent to an activating group) is 1. The third-order valence-electron chi connectivity index (χ3n) is 5.01. The maximum absolute atomic E-state index is 12.6. The molecule has 2 aromatic carbocycles. The first-order chi connectivity index (χ1) is 14.4. The van der Waals surface area contributed by atoms with Crippen molar-refractivity contribution in [3.63, 3.8) is 0 Å². The second-order valence-corrected chi connectivity index (χ2v) is 9.52. The van der Waals surface area contributed by atoms with Crippen LogP contribution in [-0.4, -0.2) is 63.9 Å². The number of hydrogen-bond donors (Lipinski definition) is 1. The summed E-state index contributed by atoms with van der Waals surface area (Å²) in [5, 5.41) is 2.88. The number of benzene rings is 2. The van der Waals surface area contributed by atoms with Crippen LogP contribution in [0.3, 0.4) is 0 Å². The third-order valence-corrected chi connectivity index (χ3v) is 6.92. The summed E-state index contributed by atoms with van der Waals surface area (Å²) in [7, 11) is 0.499. The van der Waals surface area contributed by atoms with Gasteiger partial charge in [-0.25, -0.2) is 8.42 Å². The van der Waals surface area contributed by atoms with Crippen molar-refractivity contribution in [1.29, 1.82) is 0 Å². The second kappa shape index (κ2) is 10.1. The number of carbonyl (C=O) groups is 1. The number of hydrogen-bond acceptors (Lipinski definition) is 5. The van der Waals surface area contributed by atoms with Crippen molar-refractivity contribution in [3.8, 4) is 5.75 Å². The number of carbonyl (C=O) groups excluding carboxylic acids is 1. The molecule has 162 valence electrons. The summed E-state index contributed by atoms with van der Waals surface area (Å²) in [5.74, 6) is 0.313. The average molecular weight is 432 g/mol. The molecule has 0 unspecified atom stereocenters. The Balaban J connectivity index is 1.60. The van der Waals surface area contributed by atoms with Gasteiger partial charge in [-0.3, -0.25) is 4.79 Å². The summed E-state index contributed by atoms with van der Waals surface area (Å²) in [6.07, 6.45) is 1.81. The monoisotopic (exact) mass is 431 g/mol. The molecular formula is C22H29N3O4S. The number of sulfonamides is 1. The second-order valence-electron chi connectivity index (χ2n) is 7.59. The van der Waals surface area contributed by atoms with Crippen molar-refractivity contribution in [3.05, 3.63) is 59.7 Å². The van der Waals surface area contributed by atoms with Crippen LogP contribution in [0.4, 0.5) is 0 Å². The lowest BCUT2D eigenvalue weighted by atomic mass is 10.1. The largest absolute Gasteiger partial charge is 0.491 e. The Bertz CT molecular complexity index is 953. The maximum atomic E-state index is 12.6. The lowest BCUT2D eigenvalue weighted by molar-refractivity contribution is 0.0946. The van der Waals surface area contributed by atoms with Crippen LogP contribution < -0.4 is 10.1 Å². The van der Waals surface area contributed by atoms with Crippen molar-refractivity contribution in [1.82, 2.24) is 14.5 Å². The Morgan fingerprint density at radius 2 is 1.73 bits per heavy atom. The lowest BCUT2D eigenvalue weighted by Crippen LogP contribution is -2.28. The van der Waals surface area contributed by atoms with Gasteiger partial charge in [-0.05, 0) is 56.8 Å². The molecule has 0 aromatic heterocycles. The first-order valence-corrected chi connectivity index (χ1v) is 11.6. The fraction of sp³-hybridized carbons (Fsp3) is 0.409. The van der Waals surface area contributed by atoms with Crippen LogP contribution in [0.1, 0.15) is 28.8 Å². The molecule has 1 aliphatic rings. The van der Waals surface area contributed by atoms with Gasteiger partial charge in [0.2, 0.25) is 10.0 Å². The van der Waals surface area contributed by atoms with Crippen LogP contribution >= 0.6 is 0 Å². The molecule has 3 rings (SSSR count). The predicted octanol–water partition coefficient (Wildman–Crippen LogP) is 2.34. The van der Waals surface area contributed by atoms with Gasteiger partial charge in [-0.15, -0.1) is 0 Å². The summed E-state index contributed by atoms with van der Waals surface area (Å²) < 4.78 is 32.5. The van der Waals surface area contributed by atoms with Crippen LogP contribution in [-0.2, 0) is 16.6 Å². The Morgan fingerprint density at radius 3 is 2.40 bits per heavy atom. The molecule has 0 saturated carbocycles. The summed E-state index contributed by atoms with van der Waals surface area (Å²) >= 11 is 0. The number of rotatable bonds is 9. The van der Waals surface area contributed by atoms with Gasteiger partial charge in [0.05, 0.1) is 10.5 Å².